The quantitative estimate of drug-likeness (QED) is 0.783. The molecule has 0 rings (SSSR count). The Morgan fingerprint density at radius 1 is 0.600 bits per heavy atom. The third-order valence-corrected chi connectivity index (χ3v) is 77.2. The smallest absolute Gasteiger partial charge is 0.0667 e. The molecule has 0 aromatic carbocycles. The van der Waals surface area contributed by atoms with E-state index >= 15 is 0 Å². The molecule has 0 fully saturated rings. The van der Waals surface area contributed by atoms with E-state index in [4.69, 9.17) is 0 Å². The number of rotatable bonds is 4. The highest BCUT2D eigenvalue weighted by Gasteiger charge is 2.61. The van der Waals surface area contributed by atoms with Crippen molar-refractivity contribution in [2.24, 2.45) is 0 Å². The Bertz CT molecular complexity index is 183. The maximum Gasteiger partial charge on any atom is 0.0667 e. The molecule has 92 valence electrons. The molecule has 0 aromatic rings. The lowest BCUT2D eigenvalue weighted by Crippen LogP contribution is -2.84. The molecule has 0 amide bonds. The highest BCUT2D eigenvalue weighted by molar-refractivity contribution is 7.89. The van der Waals surface area contributed by atoms with Gasteiger partial charge in [-0.25, -0.2) is 0 Å². The van der Waals surface area contributed by atoms with Crippen molar-refractivity contribution in [3.8, 4) is 0 Å². The predicted molar refractivity (Wildman–Crippen MR) is 82.9 cm³/mol. The largest absolute Gasteiger partial charge is 0.401 e. The van der Waals surface area contributed by atoms with Gasteiger partial charge in [-0.3, -0.25) is 0 Å². The summed E-state index contributed by atoms with van der Waals surface area (Å²) in [6.07, 6.45) is 0.564. The van der Waals surface area contributed by atoms with Gasteiger partial charge in [0, 0.05) is 29.0 Å². The van der Waals surface area contributed by atoms with Gasteiger partial charge >= 0.3 is 0 Å². The van der Waals surface area contributed by atoms with Crippen LogP contribution in [-0.4, -0.2) is 40.7 Å². The first-order valence-corrected chi connectivity index (χ1v) is 21.6. The molecule has 15 heavy (non-hydrogen) atoms. The van der Waals surface area contributed by atoms with Crippen molar-refractivity contribution in [3.05, 3.63) is 0 Å². The summed E-state index contributed by atoms with van der Waals surface area (Å²) in [5, 5.41) is 10.1. The number of aliphatic hydroxyl groups is 1. The van der Waals surface area contributed by atoms with E-state index in [-0.39, 0.29) is 0 Å². The summed E-state index contributed by atoms with van der Waals surface area (Å²) in [6.45, 7) is 21.2. The first-order chi connectivity index (χ1) is 6.31. The van der Waals surface area contributed by atoms with Crippen LogP contribution >= 0.6 is 0 Å². The average molecular weight is 279 g/mol. The molecule has 0 aliphatic heterocycles. The summed E-state index contributed by atoms with van der Waals surface area (Å²) >= 11 is 0. The normalized spacial score (nSPS) is 15.6. The standard InChI is InChI=1S/C10H30OSi4/c1-12(2,3)15(10-11,13(4,5)6)14(7,8)9/h11H,10H2,1-9H3. The van der Waals surface area contributed by atoms with Gasteiger partial charge in [-0.1, -0.05) is 58.9 Å². The van der Waals surface area contributed by atoms with Crippen LogP contribution in [0.15, 0.2) is 0 Å². The molecule has 0 atom stereocenters. The zero-order valence-electron chi connectivity index (χ0n) is 12.2. The summed E-state index contributed by atoms with van der Waals surface area (Å²) in [4.78, 5) is 0. The predicted octanol–water partition coefficient (Wildman–Crippen LogP) is 3.22. The molecule has 1 nitrogen and oxygen atoms in total. The highest BCUT2D eigenvalue weighted by Crippen LogP contribution is 2.36. The van der Waals surface area contributed by atoms with Crippen molar-refractivity contribution in [3.63, 3.8) is 0 Å². The lowest BCUT2D eigenvalue weighted by atomic mass is 11.7. The Hall–Kier alpha value is 0.828. The monoisotopic (exact) mass is 278 g/mol. The zero-order valence-corrected chi connectivity index (χ0v) is 16.2. The van der Waals surface area contributed by atoms with E-state index in [9.17, 15) is 5.11 Å². The molecular formula is C10H30OSi4. The lowest BCUT2D eigenvalue weighted by Gasteiger charge is -2.56. The molecule has 0 aromatic heterocycles. The van der Waals surface area contributed by atoms with Crippen LogP contribution in [0.3, 0.4) is 0 Å². The summed E-state index contributed by atoms with van der Waals surface area (Å²) in [6, 6.07) is 0. The summed E-state index contributed by atoms with van der Waals surface area (Å²) in [5.74, 6) is 0. The fraction of sp³-hybridized carbons (Fsp3) is 1.00. The van der Waals surface area contributed by atoms with Crippen LogP contribution in [0.1, 0.15) is 0 Å². The van der Waals surface area contributed by atoms with Crippen molar-refractivity contribution in [1.82, 2.24) is 0 Å². The SMILES string of the molecule is C[Si](C)(C)[Si](CO)([Si](C)(C)C)[Si](C)(C)C. The number of aliphatic hydroxyl groups excluding tert-OH is 1. The van der Waals surface area contributed by atoms with E-state index in [2.05, 4.69) is 58.9 Å². The Balaban J connectivity index is 5.78. The van der Waals surface area contributed by atoms with Gasteiger partial charge < -0.3 is 5.11 Å². The molecule has 0 aliphatic rings. The van der Waals surface area contributed by atoms with Crippen LogP contribution in [0.4, 0.5) is 0 Å². The zero-order chi connectivity index (χ0) is 12.7. The van der Waals surface area contributed by atoms with Crippen LogP contribution in [0, 0.1) is 0 Å². The highest BCUT2D eigenvalue weighted by atomic mass is 29.9. The van der Waals surface area contributed by atoms with Crippen LogP contribution < -0.4 is 0 Å². The Morgan fingerprint density at radius 3 is 0.800 bits per heavy atom. The van der Waals surface area contributed by atoms with Crippen molar-refractivity contribution < 1.29 is 5.11 Å². The minimum absolute atomic E-state index is 0.564. The van der Waals surface area contributed by atoms with Gasteiger partial charge in [0.05, 0.1) is 6.63 Å². The third-order valence-electron chi connectivity index (χ3n) is 4.08. The molecular weight excluding hydrogens is 248 g/mol. The van der Waals surface area contributed by atoms with Crippen molar-refractivity contribution >= 4 is 29.4 Å². The Labute approximate surface area is 99.7 Å². The first kappa shape index (κ1) is 15.8. The van der Waals surface area contributed by atoms with Gasteiger partial charge in [0.1, 0.15) is 0 Å². The minimum Gasteiger partial charge on any atom is -0.401 e. The van der Waals surface area contributed by atoms with Gasteiger partial charge in [-0.2, -0.15) is 0 Å². The van der Waals surface area contributed by atoms with Gasteiger partial charge in [-0.05, 0) is 0 Å². The fourth-order valence-electron chi connectivity index (χ4n) is 4.09. The van der Waals surface area contributed by atoms with Gasteiger partial charge in [0.15, 0.2) is 0 Å². The number of hydrogen-bond donors (Lipinski definition) is 1. The van der Waals surface area contributed by atoms with Crippen LogP contribution in [0.25, 0.3) is 0 Å². The summed E-state index contributed by atoms with van der Waals surface area (Å²) < 4.78 is 0. The summed E-state index contributed by atoms with van der Waals surface area (Å²) in [5.41, 5.74) is 0. The second-order valence-electron chi connectivity index (χ2n) is 7.81. The third kappa shape index (κ3) is 2.57. The molecule has 0 spiro atoms. The van der Waals surface area contributed by atoms with Crippen molar-refractivity contribution in [2.75, 3.05) is 6.23 Å². The van der Waals surface area contributed by atoms with Gasteiger partial charge in [-0.15, -0.1) is 0 Å². The molecule has 1 N–H and O–H groups in total. The number of hydrogen-bond acceptors (Lipinski definition) is 1. The molecule has 5 heteroatoms. The van der Waals surface area contributed by atoms with Crippen LogP contribution in [0.2, 0.25) is 58.9 Å². The molecule has 0 aliphatic carbocycles. The second-order valence-corrected chi connectivity index (χ2v) is 49.1. The topological polar surface area (TPSA) is 20.2 Å². The minimum atomic E-state index is -1.40. The van der Waals surface area contributed by atoms with E-state index in [0.29, 0.717) is 6.23 Å². The Kier molecular flexibility index (Phi) is 4.48. The average Bonchev–Trinajstić information content (AvgIpc) is 1.76. The van der Waals surface area contributed by atoms with E-state index in [0.717, 1.165) is 0 Å². The fourth-order valence-corrected chi connectivity index (χ4v) is 97.5. The molecule has 0 saturated heterocycles. The molecule has 0 heterocycles. The van der Waals surface area contributed by atoms with E-state index < -0.39 is 29.4 Å². The molecule has 0 saturated carbocycles. The first-order valence-electron chi connectivity index (χ1n) is 5.92. The molecule has 0 radical (unpaired) electrons. The van der Waals surface area contributed by atoms with Crippen LogP contribution in [0.5, 0.6) is 0 Å². The second kappa shape index (κ2) is 4.25. The van der Waals surface area contributed by atoms with Gasteiger partial charge in [0.2, 0.25) is 0 Å². The maximum atomic E-state index is 10.1. The van der Waals surface area contributed by atoms with Crippen molar-refractivity contribution in [2.45, 2.75) is 58.9 Å². The van der Waals surface area contributed by atoms with Crippen molar-refractivity contribution in [1.29, 1.82) is 0 Å². The van der Waals surface area contributed by atoms with E-state index in [1.165, 1.54) is 0 Å². The maximum absolute atomic E-state index is 10.1. The van der Waals surface area contributed by atoms with E-state index in [1.807, 2.05) is 0 Å². The lowest BCUT2D eigenvalue weighted by molar-refractivity contribution is 0.364. The molecule has 0 bridgehead atoms. The van der Waals surface area contributed by atoms with E-state index in [1.54, 1.807) is 0 Å². The van der Waals surface area contributed by atoms with Gasteiger partial charge in [0.25, 0.3) is 0 Å². The summed E-state index contributed by atoms with van der Waals surface area (Å²) in [7, 11) is -3.59. The van der Waals surface area contributed by atoms with Crippen LogP contribution in [-0.2, 0) is 0 Å². The Morgan fingerprint density at radius 2 is 0.800 bits per heavy atom. The molecule has 0 unspecified atom stereocenters.